The van der Waals surface area contributed by atoms with E-state index < -0.39 is 18.0 Å². The zero-order valence-corrected chi connectivity index (χ0v) is 9.87. The molecule has 0 aromatic carbocycles. The van der Waals surface area contributed by atoms with E-state index in [1.54, 1.807) is 5.38 Å². The van der Waals surface area contributed by atoms with Crippen LogP contribution in [0.1, 0.15) is 30.2 Å². The Morgan fingerprint density at radius 3 is 2.80 bits per heavy atom. The summed E-state index contributed by atoms with van der Waals surface area (Å²) in [6.07, 6.45) is -0.336. The smallest absolute Gasteiger partial charge is 0.311 e. The molecule has 0 spiro atoms. The summed E-state index contributed by atoms with van der Waals surface area (Å²) in [7, 11) is 1.32. The second-order valence-corrected chi connectivity index (χ2v) is 4.34. The molecule has 4 nitrogen and oxygen atoms in total. The van der Waals surface area contributed by atoms with Gasteiger partial charge in [-0.3, -0.25) is 4.79 Å². The molecule has 1 heterocycles. The lowest BCUT2D eigenvalue weighted by atomic mass is 9.98. The highest BCUT2D eigenvalue weighted by Gasteiger charge is 2.28. The normalized spacial score (nSPS) is 14.7. The lowest BCUT2D eigenvalue weighted by molar-refractivity contribution is -0.149. The Balaban J connectivity index is 2.81. The zero-order valence-electron chi connectivity index (χ0n) is 9.06. The highest BCUT2D eigenvalue weighted by atomic mass is 32.1. The van der Waals surface area contributed by atoms with Gasteiger partial charge in [0, 0.05) is 5.38 Å². The fourth-order valence-corrected chi connectivity index (χ4v) is 2.03. The summed E-state index contributed by atoms with van der Waals surface area (Å²) in [5, 5.41) is 12.6. The van der Waals surface area contributed by atoms with Crippen molar-refractivity contribution in [2.24, 2.45) is 5.92 Å². The van der Waals surface area contributed by atoms with E-state index >= 15 is 0 Å². The predicted octanol–water partition coefficient (Wildman–Crippen LogP) is 1.68. The van der Waals surface area contributed by atoms with Gasteiger partial charge in [-0.1, -0.05) is 6.92 Å². The molecule has 0 aliphatic carbocycles. The van der Waals surface area contributed by atoms with Crippen LogP contribution in [0.5, 0.6) is 0 Å². The van der Waals surface area contributed by atoms with Gasteiger partial charge in [0.15, 0.2) is 0 Å². The first kappa shape index (κ1) is 12.1. The zero-order chi connectivity index (χ0) is 11.4. The first-order valence-corrected chi connectivity index (χ1v) is 5.66. The minimum absolute atomic E-state index is 0.393. The highest BCUT2D eigenvalue weighted by Crippen LogP contribution is 2.26. The fourth-order valence-electron chi connectivity index (χ4n) is 1.39. The Bertz CT molecular complexity index is 337. The summed E-state index contributed by atoms with van der Waals surface area (Å²) in [6.45, 7) is 3.70. The number of hydrogen-bond donors (Lipinski definition) is 1. The number of aliphatic hydroxyl groups excluding tert-OH is 1. The summed E-state index contributed by atoms with van der Waals surface area (Å²) in [4.78, 5) is 15.5. The fraction of sp³-hybridized carbons (Fsp3) is 0.600. The Morgan fingerprint density at radius 2 is 2.40 bits per heavy atom. The maximum absolute atomic E-state index is 11.4. The monoisotopic (exact) mass is 229 g/mol. The van der Waals surface area contributed by atoms with Crippen LogP contribution in [0.25, 0.3) is 0 Å². The first-order chi connectivity index (χ1) is 7.10. The lowest BCUT2D eigenvalue weighted by Gasteiger charge is -2.17. The maximum atomic E-state index is 11.4. The van der Waals surface area contributed by atoms with Crippen molar-refractivity contribution in [3.8, 4) is 0 Å². The van der Waals surface area contributed by atoms with Crippen LogP contribution in [0.15, 0.2) is 5.38 Å². The molecule has 0 saturated carbocycles. The minimum atomic E-state index is -0.868. The quantitative estimate of drug-likeness (QED) is 0.798. The molecule has 0 aliphatic rings. The number of esters is 1. The van der Waals surface area contributed by atoms with Gasteiger partial charge in [-0.25, -0.2) is 4.98 Å². The third-order valence-electron chi connectivity index (χ3n) is 2.26. The number of methoxy groups -OCH3 is 1. The van der Waals surface area contributed by atoms with Crippen molar-refractivity contribution in [1.29, 1.82) is 0 Å². The van der Waals surface area contributed by atoms with Crippen molar-refractivity contribution in [2.75, 3.05) is 7.11 Å². The predicted molar refractivity (Wildman–Crippen MR) is 57.6 cm³/mol. The van der Waals surface area contributed by atoms with Crippen LogP contribution >= 0.6 is 11.3 Å². The highest BCUT2D eigenvalue weighted by molar-refractivity contribution is 7.09. The van der Waals surface area contributed by atoms with Gasteiger partial charge in [-0.05, 0) is 13.3 Å². The molecule has 2 atom stereocenters. The number of thiazole rings is 1. The summed E-state index contributed by atoms with van der Waals surface area (Å²) < 4.78 is 4.63. The second kappa shape index (κ2) is 5.23. The van der Waals surface area contributed by atoms with E-state index in [-0.39, 0.29) is 0 Å². The molecule has 2 unspecified atom stereocenters. The Morgan fingerprint density at radius 1 is 1.73 bits per heavy atom. The molecule has 1 N–H and O–H groups in total. The summed E-state index contributed by atoms with van der Waals surface area (Å²) >= 11 is 1.46. The van der Waals surface area contributed by atoms with E-state index in [9.17, 15) is 9.90 Å². The number of aryl methyl sites for hydroxylation is 1. The van der Waals surface area contributed by atoms with Gasteiger partial charge in [0.05, 0.1) is 23.7 Å². The van der Waals surface area contributed by atoms with Crippen LogP contribution < -0.4 is 0 Å². The van der Waals surface area contributed by atoms with Crippen LogP contribution in [0, 0.1) is 12.8 Å². The largest absolute Gasteiger partial charge is 0.469 e. The topological polar surface area (TPSA) is 59.4 Å². The number of aromatic nitrogens is 1. The number of aliphatic hydroxyl groups is 1. The van der Waals surface area contributed by atoms with Gasteiger partial charge in [0.2, 0.25) is 0 Å². The number of nitrogens with zero attached hydrogens (tertiary/aromatic N) is 1. The first-order valence-electron chi connectivity index (χ1n) is 4.78. The minimum Gasteiger partial charge on any atom is -0.469 e. The van der Waals surface area contributed by atoms with E-state index in [0.717, 1.165) is 5.01 Å². The molecule has 1 aromatic heterocycles. The van der Waals surface area contributed by atoms with Gasteiger partial charge in [0.25, 0.3) is 0 Å². The Hall–Kier alpha value is -0.940. The van der Waals surface area contributed by atoms with Gasteiger partial charge < -0.3 is 9.84 Å². The van der Waals surface area contributed by atoms with Crippen LogP contribution in [-0.4, -0.2) is 23.2 Å². The number of hydrogen-bond acceptors (Lipinski definition) is 5. The molecule has 0 radical (unpaired) electrons. The van der Waals surface area contributed by atoms with Crippen molar-refractivity contribution in [1.82, 2.24) is 4.98 Å². The third kappa shape index (κ3) is 2.76. The van der Waals surface area contributed by atoms with Crippen molar-refractivity contribution in [3.63, 3.8) is 0 Å². The molecule has 0 amide bonds. The van der Waals surface area contributed by atoms with Crippen molar-refractivity contribution in [3.05, 3.63) is 16.1 Å². The average Bonchev–Trinajstić information content (AvgIpc) is 2.65. The standard InChI is InChI=1S/C10H15NO3S/c1-4-7(10(13)14-3)9(12)8-5-15-6(2)11-8/h5,7,9,12H,4H2,1-3H3. The van der Waals surface area contributed by atoms with Gasteiger partial charge >= 0.3 is 5.97 Å². The summed E-state index contributed by atoms with van der Waals surface area (Å²) in [6, 6.07) is 0. The Labute approximate surface area is 92.9 Å². The SMILES string of the molecule is CCC(C(=O)OC)C(O)c1csc(C)n1. The molecule has 0 aliphatic heterocycles. The molecule has 5 heteroatoms. The van der Waals surface area contributed by atoms with Gasteiger partial charge in [-0.15, -0.1) is 11.3 Å². The van der Waals surface area contributed by atoms with Gasteiger partial charge in [0.1, 0.15) is 6.10 Å². The molecule has 1 rings (SSSR count). The van der Waals surface area contributed by atoms with Crippen LogP contribution in [0.2, 0.25) is 0 Å². The van der Waals surface area contributed by atoms with Crippen LogP contribution in [0.4, 0.5) is 0 Å². The number of ether oxygens (including phenoxy) is 1. The molecule has 0 saturated heterocycles. The molecule has 1 aromatic rings. The molecule has 0 bridgehead atoms. The molecular formula is C10H15NO3S. The van der Waals surface area contributed by atoms with Crippen molar-refractivity contribution >= 4 is 17.3 Å². The third-order valence-corrected chi connectivity index (χ3v) is 3.06. The Kier molecular flexibility index (Phi) is 4.23. The van der Waals surface area contributed by atoms with Crippen LogP contribution in [-0.2, 0) is 9.53 Å². The maximum Gasteiger partial charge on any atom is 0.311 e. The van der Waals surface area contributed by atoms with Crippen molar-refractivity contribution < 1.29 is 14.6 Å². The summed E-state index contributed by atoms with van der Waals surface area (Å²) in [5.74, 6) is -0.924. The lowest BCUT2D eigenvalue weighted by Crippen LogP contribution is -2.23. The van der Waals surface area contributed by atoms with E-state index in [4.69, 9.17) is 0 Å². The van der Waals surface area contributed by atoms with E-state index in [1.165, 1.54) is 18.4 Å². The molecule has 0 fully saturated rings. The number of carbonyl (C=O) groups is 1. The number of carbonyl (C=O) groups excluding carboxylic acids is 1. The number of rotatable bonds is 4. The van der Waals surface area contributed by atoms with E-state index in [0.29, 0.717) is 12.1 Å². The molecule has 15 heavy (non-hydrogen) atoms. The van der Waals surface area contributed by atoms with Crippen molar-refractivity contribution in [2.45, 2.75) is 26.4 Å². The van der Waals surface area contributed by atoms with Crippen LogP contribution in [0.3, 0.4) is 0 Å². The molecule has 84 valence electrons. The summed E-state index contributed by atoms with van der Waals surface area (Å²) in [5.41, 5.74) is 0.551. The van der Waals surface area contributed by atoms with Gasteiger partial charge in [-0.2, -0.15) is 0 Å². The average molecular weight is 229 g/mol. The second-order valence-electron chi connectivity index (χ2n) is 3.27. The van der Waals surface area contributed by atoms with E-state index in [2.05, 4.69) is 9.72 Å². The molecular weight excluding hydrogens is 214 g/mol. The van der Waals surface area contributed by atoms with E-state index in [1.807, 2.05) is 13.8 Å².